The highest BCUT2D eigenvalue weighted by molar-refractivity contribution is 9.10. The molecule has 0 unspecified atom stereocenters. The maximum atomic E-state index is 13.7. The first-order chi connectivity index (χ1) is 17.8. The zero-order valence-electron chi connectivity index (χ0n) is 21.1. The van der Waals surface area contributed by atoms with E-state index < -0.39 is 10.0 Å². The molecule has 1 amide bonds. The molecule has 196 valence electrons. The maximum Gasteiger partial charge on any atom is 0.264 e. The van der Waals surface area contributed by atoms with Crippen molar-refractivity contribution in [3.8, 4) is 5.75 Å². The van der Waals surface area contributed by atoms with Crippen LogP contribution in [0.25, 0.3) is 0 Å². The third-order valence-electron chi connectivity index (χ3n) is 6.41. The van der Waals surface area contributed by atoms with Gasteiger partial charge in [0.15, 0.2) is 0 Å². The van der Waals surface area contributed by atoms with Gasteiger partial charge in [-0.2, -0.15) is 0 Å². The van der Waals surface area contributed by atoms with Gasteiger partial charge >= 0.3 is 0 Å². The van der Waals surface area contributed by atoms with E-state index in [0.29, 0.717) is 22.5 Å². The number of hydrogen-bond donors (Lipinski definition) is 1. The van der Waals surface area contributed by atoms with Crippen molar-refractivity contribution < 1.29 is 17.9 Å². The monoisotopic (exact) mass is 585 g/mol. The van der Waals surface area contributed by atoms with Crippen molar-refractivity contribution in [2.45, 2.75) is 37.8 Å². The highest BCUT2D eigenvalue weighted by Crippen LogP contribution is 2.30. The summed E-state index contributed by atoms with van der Waals surface area (Å²) in [5, 5.41) is 2.90. The lowest BCUT2D eigenvalue weighted by Gasteiger charge is -2.24. The molecular formula is C28H32BrN3O4S. The van der Waals surface area contributed by atoms with Crippen LogP contribution in [-0.4, -0.2) is 46.0 Å². The van der Waals surface area contributed by atoms with Crippen LogP contribution < -0.4 is 14.4 Å². The fourth-order valence-electron chi connectivity index (χ4n) is 4.38. The van der Waals surface area contributed by atoms with Crippen molar-refractivity contribution in [3.05, 3.63) is 87.9 Å². The minimum absolute atomic E-state index is 0.0585. The lowest BCUT2D eigenvalue weighted by molar-refractivity contribution is -0.119. The number of hydrogen-bond acceptors (Lipinski definition) is 5. The SMILES string of the molecule is COc1ccc(S(=O)(=O)N(CC(=O)NCc2cccc(CN3CCCC3)c2)c2ccc(C)cc2)cc1Br. The number of carbonyl (C=O) groups excluding carboxylic acids is 1. The number of benzene rings is 3. The molecule has 0 bridgehead atoms. The van der Waals surface area contributed by atoms with Crippen LogP contribution in [0.2, 0.25) is 0 Å². The van der Waals surface area contributed by atoms with Crippen molar-refractivity contribution in [3.63, 3.8) is 0 Å². The van der Waals surface area contributed by atoms with E-state index in [2.05, 4.69) is 38.3 Å². The molecule has 7 nitrogen and oxygen atoms in total. The smallest absolute Gasteiger partial charge is 0.264 e. The molecule has 9 heteroatoms. The van der Waals surface area contributed by atoms with Gasteiger partial charge in [-0.1, -0.05) is 42.0 Å². The average molecular weight is 587 g/mol. The van der Waals surface area contributed by atoms with Gasteiger partial charge < -0.3 is 10.1 Å². The van der Waals surface area contributed by atoms with Crippen LogP contribution in [0.1, 0.15) is 29.5 Å². The van der Waals surface area contributed by atoms with Gasteiger partial charge in [-0.15, -0.1) is 0 Å². The van der Waals surface area contributed by atoms with Crippen LogP contribution in [0.5, 0.6) is 5.75 Å². The van der Waals surface area contributed by atoms with Gasteiger partial charge in [-0.25, -0.2) is 8.42 Å². The van der Waals surface area contributed by atoms with E-state index in [1.54, 1.807) is 18.2 Å². The second-order valence-electron chi connectivity index (χ2n) is 9.22. The summed E-state index contributed by atoms with van der Waals surface area (Å²) in [6.07, 6.45) is 2.48. The average Bonchev–Trinajstić information content (AvgIpc) is 3.40. The number of nitrogens with one attached hydrogen (secondary N) is 1. The van der Waals surface area contributed by atoms with E-state index >= 15 is 0 Å². The summed E-state index contributed by atoms with van der Waals surface area (Å²) in [6, 6.07) is 19.8. The Morgan fingerprint density at radius 2 is 1.73 bits per heavy atom. The molecule has 0 saturated carbocycles. The molecule has 0 radical (unpaired) electrons. The third kappa shape index (κ3) is 6.91. The number of sulfonamides is 1. The van der Waals surface area contributed by atoms with Crippen molar-refractivity contribution in [2.24, 2.45) is 0 Å². The van der Waals surface area contributed by atoms with Gasteiger partial charge in [-0.3, -0.25) is 14.0 Å². The van der Waals surface area contributed by atoms with E-state index in [0.717, 1.165) is 35.1 Å². The Labute approximate surface area is 227 Å². The summed E-state index contributed by atoms with van der Waals surface area (Å²) < 4.78 is 34.2. The van der Waals surface area contributed by atoms with Crippen LogP contribution in [0.4, 0.5) is 5.69 Å². The lowest BCUT2D eigenvalue weighted by atomic mass is 10.1. The number of likely N-dealkylation sites (tertiary alicyclic amines) is 1. The Morgan fingerprint density at radius 3 is 2.41 bits per heavy atom. The molecule has 37 heavy (non-hydrogen) atoms. The largest absolute Gasteiger partial charge is 0.496 e. The minimum Gasteiger partial charge on any atom is -0.496 e. The molecular weight excluding hydrogens is 554 g/mol. The van der Waals surface area contributed by atoms with Gasteiger partial charge in [0.1, 0.15) is 12.3 Å². The number of halogens is 1. The van der Waals surface area contributed by atoms with Crippen molar-refractivity contribution in [1.82, 2.24) is 10.2 Å². The quantitative estimate of drug-likeness (QED) is 0.367. The molecule has 0 aromatic heterocycles. The Kier molecular flexibility index (Phi) is 8.89. The number of rotatable bonds is 10. The summed E-state index contributed by atoms with van der Waals surface area (Å²) in [4.78, 5) is 15.5. The van der Waals surface area contributed by atoms with Gasteiger partial charge in [0.25, 0.3) is 10.0 Å². The Hall–Kier alpha value is -2.88. The molecule has 1 saturated heterocycles. The van der Waals surface area contributed by atoms with Crippen LogP contribution in [0.3, 0.4) is 0 Å². The van der Waals surface area contributed by atoms with Gasteiger partial charge in [0.2, 0.25) is 5.91 Å². The highest BCUT2D eigenvalue weighted by atomic mass is 79.9. The van der Waals surface area contributed by atoms with E-state index in [1.165, 1.54) is 37.6 Å². The molecule has 3 aromatic carbocycles. The van der Waals surface area contributed by atoms with Crippen LogP contribution in [0, 0.1) is 6.92 Å². The molecule has 1 heterocycles. The van der Waals surface area contributed by atoms with Crippen LogP contribution in [0.15, 0.2) is 76.1 Å². The molecule has 1 aliphatic heterocycles. The third-order valence-corrected chi connectivity index (χ3v) is 8.80. The first kappa shape index (κ1) is 27.2. The predicted octanol–water partition coefficient (Wildman–Crippen LogP) is 4.87. The van der Waals surface area contributed by atoms with Crippen LogP contribution in [-0.2, 0) is 27.9 Å². The molecule has 0 aliphatic carbocycles. The summed E-state index contributed by atoms with van der Waals surface area (Å²) in [6.45, 7) is 5.04. The van der Waals surface area contributed by atoms with Gasteiger partial charge in [-0.05, 0) is 90.2 Å². The van der Waals surface area contributed by atoms with Gasteiger partial charge in [0.05, 0.1) is 22.2 Å². The predicted molar refractivity (Wildman–Crippen MR) is 149 cm³/mol. The number of nitrogens with zero attached hydrogens (tertiary/aromatic N) is 2. The number of carbonyl (C=O) groups is 1. The topological polar surface area (TPSA) is 79.0 Å². The molecule has 4 rings (SSSR count). The fraction of sp³-hybridized carbons (Fsp3) is 0.321. The lowest BCUT2D eigenvalue weighted by Crippen LogP contribution is -2.40. The Morgan fingerprint density at radius 1 is 1.03 bits per heavy atom. The summed E-state index contributed by atoms with van der Waals surface area (Å²) in [5.41, 5.74) is 3.60. The summed E-state index contributed by atoms with van der Waals surface area (Å²) >= 11 is 3.36. The first-order valence-electron chi connectivity index (χ1n) is 12.3. The standard InChI is InChI=1S/C28H32BrN3O4S/c1-21-8-10-24(11-9-21)32(37(34,35)25-12-13-27(36-2)26(29)17-25)20-28(33)30-18-22-6-5-7-23(16-22)19-31-14-3-4-15-31/h5-13,16-17H,3-4,14-15,18-20H2,1-2H3,(H,30,33). The number of ether oxygens (including phenoxy) is 1. The summed E-state index contributed by atoms with van der Waals surface area (Å²) in [7, 11) is -2.52. The minimum atomic E-state index is -4.03. The molecule has 0 atom stereocenters. The van der Waals surface area contributed by atoms with E-state index in [1.807, 2.05) is 31.2 Å². The van der Waals surface area contributed by atoms with Crippen molar-refractivity contribution >= 4 is 37.5 Å². The van der Waals surface area contributed by atoms with E-state index in [4.69, 9.17) is 4.74 Å². The fourth-order valence-corrected chi connectivity index (χ4v) is 6.52. The Balaban J connectivity index is 1.50. The number of amides is 1. The van der Waals surface area contributed by atoms with E-state index in [-0.39, 0.29) is 17.3 Å². The van der Waals surface area contributed by atoms with Crippen molar-refractivity contribution in [2.75, 3.05) is 31.0 Å². The molecule has 1 aliphatic rings. The Bertz CT molecular complexity index is 1340. The molecule has 0 spiro atoms. The van der Waals surface area contributed by atoms with Crippen LogP contribution >= 0.6 is 15.9 Å². The normalized spacial score (nSPS) is 13.9. The first-order valence-corrected chi connectivity index (χ1v) is 14.5. The number of methoxy groups -OCH3 is 1. The molecule has 1 N–H and O–H groups in total. The summed E-state index contributed by atoms with van der Waals surface area (Å²) in [5.74, 6) is 0.132. The zero-order valence-corrected chi connectivity index (χ0v) is 23.5. The molecule has 1 fully saturated rings. The van der Waals surface area contributed by atoms with E-state index in [9.17, 15) is 13.2 Å². The number of aryl methyl sites for hydroxylation is 1. The second kappa shape index (κ2) is 12.1. The number of anilines is 1. The second-order valence-corrected chi connectivity index (χ2v) is 11.9. The maximum absolute atomic E-state index is 13.7. The zero-order chi connectivity index (χ0) is 26.4. The van der Waals surface area contributed by atoms with Gasteiger partial charge in [0, 0.05) is 13.1 Å². The highest BCUT2D eigenvalue weighted by Gasteiger charge is 2.28. The van der Waals surface area contributed by atoms with Crippen molar-refractivity contribution in [1.29, 1.82) is 0 Å². The molecule has 3 aromatic rings.